The maximum Gasteiger partial charge on any atom is 0.316 e. The van der Waals surface area contributed by atoms with Crippen LogP contribution in [0.25, 0.3) is 11.0 Å². The van der Waals surface area contributed by atoms with Crippen molar-refractivity contribution in [1.82, 2.24) is 14.5 Å². The number of amides is 1. The van der Waals surface area contributed by atoms with Gasteiger partial charge in [0.15, 0.2) is 21.6 Å². The Morgan fingerprint density at radius 3 is 2.69 bits per heavy atom. The third kappa shape index (κ3) is 6.36. The smallest absolute Gasteiger partial charge is 0.316 e. The van der Waals surface area contributed by atoms with Crippen molar-refractivity contribution in [1.29, 1.82) is 0 Å². The third-order valence-corrected chi connectivity index (χ3v) is 8.78. The number of thioether (sulfide) groups is 1. The number of likely N-dealkylation sites (N-methyl/N-ethyl adjacent to an activating group) is 1. The van der Waals surface area contributed by atoms with E-state index in [1.165, 1.54) is 16.7 Å². The molecule has 3 aromatic rings. The summed E-state index contributed by atoms with van der Waals surface area (Å²) in [5, 5.41) is 1.22. The molecule has 2 aromatic carbocycles. The van der Waals surface area contributed by atoms with E-state index in [0.717, 1.165) is 16.6 Å². The van der Waals surface area contributed by atoms with Crippen LogP contribution in [0.4, 0.5) is 0 Å². The molecular formula is C24H26ClN3O5S2. The second-order valence-electron chi connectivity index (χ2n) is 8.29. The second-order valence-corrected chi connectivity index (χ2v) is 11.9. The lowest BCUT2D eigenvalue weighted by Crippen LogP contribution is -2.43. The molecule has 2 heterocycles. The number of rotatable bonds is 9. The van der Waals surface area contributed by atoms with E-state index < -0.39 is 22.4 Å². The number of imidazole rings is 1. The summed E-state index contributed by atoms with van der Waals surface area (Å²) in [6.07, 6.45) is 0.410. The number of ether oxygens (including phenoxy) is 1. The topological polar surface area (TPSA) is 98.6 Å². The van der Waals surface area contributed by atoms with Gasteiger partial charge < -0.3 is 14.2 Å². The number of sulfone groups is 1. The number of nitrogens with zero attached hydrogens (tertiary/aromatic N) is 3. The highest BCUT2D eigenvalue weighted by molar-refractivity contribution is 7.99. The standard InChI is InChI=1S/C24H26ClN3O5S2/c1-2-27(19-10-11-35(31,32)16-19)22(29)14-33-23(30)15-34-24-26-20-12-18(25)8-9-21(20)28(24)13-17-6-4-3-5-7-17/h3-9,12,19H,2,10-11,13-16H2,1H3/t19-/m0/s1. The molecule has 1 aliphatic rings. The highest BCUT2D eigenvalue weighted by Crippen LogP contribution is 2.27. The van der Waals surface area contributed by atoms with Gasteiger partial charge in [-0.15, -0.1) is 0 Å². The van der Waals surface area contributed by atoms with Crippen LogP contribution in [0.15, 0.2) is 53.7 Å². The Morgan fingerprint density at radius 2 is 2.00 bits per heavy atom. The first-order valence-electron chi connectivity index (χ1n) is 11.2. The summed E-state index contributed by atoms with van der Waals surface area (Å²) >= 11 is 7.37. The van der Waals surface area contributed by atoms with E-state index in [2.05, 4.69) is 4.98 Å². The zero-order valence-corrected chi connectivity index (χ0v) is 21.6. The lowest BCUT2D eigenvalue weighted by molar-refractivity contribution is -0.150. The van der Waals surface area contributed by atoms with E-state index in [0.29, 0.717) is 29.7 Å². The number of esters is 1. The number of fused-ring (bicyclic) bond motifs is 1. The van der Waals surface area contributed by atoms with Crippen LogP contribution in [0.1, 0.15) is 18.9 Å². The molecule has 1 aromatic heterocycles. The summed E-state index contributed by atoms with van der Waals surface area (Å²) in [6, 6.07) is 15.0. The van der Waals surface area contributed by atoms with Crippen LogP contribution in [0.2, 0.25) is 5.02 Å². The first-order chi connectivity index (χ1) is 16.8. The molecule has 35 heavy (non-hydrogen) atoms. The van der Waals surface area contributed by atoms with Crippen LogP contribution in [-0.4, -0.2) is 71.2 Å². The minimum absolute atomic E-state index is 0.0247. The molecule has 1 fully saturated rings. The van der Waals surface area contributed by atoms with E-state index >= 15 is 0 Å². The molecule has 1 aliphatic heterocycles. The van der Waals surface area contributed by atoms with Crippen LogP contribution in [-0.2, 0) is 30.7 Å². The van der Waals surface area contributed by atoms with Gasteiger partial charge in [0.1, 0.15) is 0 Å². The Hall–Kier alpha value is -2.56. The maximum absolute atomic E-state index is 12.6. The fraction of sp³-hybridized carbons (Fsp3) is 0.375. The van der Waals surface area contributed by atoms with E-state index in [-0.39, 0.29) is 29.2 Å². The normalized spacial score (nSPS) is 16.9. The first kappa shape index (κ1) is 25.5. The Morgan fingerprint density at radius 1 is 1.23 bits per heavy atom. The lowest BCUT2D eigenvalue weighted by Gasteiger charge is -2.26. The summed E-state index contributed by atoms with van der Waals surface area (Å²) in [5.41, 5.74) is 2.71. The summed E-state index contributed by atoms with van der Waals surface area (Å²) in [4.78, 5) is 31.1. The molecule has 1 saturated heterocycles. The molecule has 11 heteroatoms. The molecule has 8 nitrogen and oxygen atoms in total. The third-order valence-electron chi connectivity index (χ3n) is 5.84. The Kier molecular flexibility index (Phi) is 8.03. The van der Waals surface area contributed by atoms with Gasteiger partial charge in [-0.05, 0) is 37.1 Å². The molecule has 1 atom stereocenters. The molecule has 0 unspecified atom stereocenters. The molecule has 0 saturated carbocycles. The highest BCUT2D eigenvalue weighted by Gasteiger charge is 2.34. The minimum Gasteiger partial charge on any atom is -0.455 e. The number of hydrogen-bond acceptors (Lipinski definition) is 7. The van der Waals surface area contributed by atoms with Crippen LogP contribution >= 0.6 is 23.4 Å². The number of carbonyl (C=O) groups excluding carboxylic acids is 2. The molecule has 0 radical (unpaired) electrons. The highest BCUT2D eigenvalue weighted by atomic mass is 35.5. The number of halogens is 1. The van der Waals surface area contributed by atoms with E-state index in [1.807, 2.05) is 41.0 Å². The summed E-state index contributed by atoms with van der Waals surface area (Å²) in [7, 11) is -3.12. The molecule has 1 amide bonds. The van der Waals surface area contributed by atoms with Gasteiger partial charge in [-0.3, -0.25) is 9.59 Å². The Labute approximate surface area is 213 Å². The molecule has 4 rings (SSSR count). The Bertz CT molecular complexity index is 1330. The molecule has 0 bridgehead atoms. The molecular weight excluding hydrogens is 510 g/mol. The fourth-order valence-corrected chi connectivity index (χ4v) is 6.87. The minimum atomic E-state index is -3.12. The monoisotopic (exact) mass is 535 g/mol. The summed E-state index contributed by atoms with van der Waals surface area (Å²) < 4.78 is 30.7. The zero-order valence-electron chi connectivity index (χ0n) is 19.2. The second kappa shape index (κ2) is 11.0. The lowest BCUT2D eigenvalue weighted by atomic mass is 10.2. The molecule has 186 valence electrons. The van der Waals surface area contributed by atoms with Crippen molar-refractivity contribution < 1.29 is 22.7 Å². The quantitative estimate of drug-likeness (QED) is 0.306. The summed E-state index contributed by atoms with van der Waals surface area (Å²) in [6.45, 7) is 2.30. The predicted octanol–water partition coefficient (Wildman–Crippen LogP) is 3.41. The van der Waals surface area contributed by atoms with Crippen molar-refractivity contribution in [3.63, 3.8) is 0 Å². The van der Waals surface area contributed by atoms with Crippen LogP contribution in [0.5, 0.6) is 0 Å². The van der Waals surface area contributed by atoms with E-state index in [4.69, 9.17) is 16.3 Å². The van der Waals surface area contributed by atoms with Gasteiger partial charge in [0.05, 0.1) is 34.8 Å². The zero-order chi connectivity index (χ0) is 25.0. The van der Waals surface area contributed by atoms with Crippen molar-refractivity contribution in [3.8, 4) is 0 Å². The van der Waals surface area contributed by atoms with Crippen LogP contribution in [0, 0.1) is 0 Å². The number of hydrogen-bond donors (Lipinski definition) is 0. The first-order valence-corrected chi connectivity index (χ1v) is 14.4. The predicted molar refractivity (Wildman–Crippen MR) is 136 cm³/mol. The van der Waals surface area contributed by atoms with Gasteiger partial charge in [0.25, 0.3) is 5.91 Å². The molecule has 0 N–H and O–H groups in total. The Balaban J connectivity index is 1.39. The molecule has 0 aliphatic carbocycles. The van der Waals surface area contributed by atoms with Gasteiger partial charge in [0, 0.05) is 17.6 Å². The number of benzene rings is 2. The maximum atomic E-state index is 12.6. The number of carbonyl (C=O) groups is 2. The van der Waals surface area contributed by atoms with Gasteiger partial charge in [0.2, 0.25) is 0 Å². The van der Waals surface area contributed by atoms with Crippen LogP contribution in [0.3, 0.4) is 0 Å². The van der Waals surface area contributed by atoms with Gasteiger partial charge in [-0.1, -0.05) is 53.7 Å². The van der Waals surface area contributed by atoms with E-state index in [1.54, 1.807) is 19.1 Å². The SMILES string of the molecule is CCN(C(=O)COC(=O)CSc1nc2cc(Cl)ccc2n1Cc1ccccc1)[C@H]1CCS(=O)(=O)C1. The molecule has 0 spiro atoms. The summed E-state index contributed by atoms with van der Waals surface area (Å²) in [5.74, 6) is -0.928. The van der Waals surface area contributed by atoms with Gasteiger partial charge in [-0.2, -0.15) is 0 Å². The average Bonchev–Trinajstić information content (AvgIpc) is 3.36. The average molecular weight is 536 g/mol. The van der Waals surface area contributed by atoms with Gasteiger partial charge in [-0.25, -0.2) is 13.4 Å². The van der Waals surface area contributed by atoms with Crippen molar-refractivity contribution in [3.05, 3.63) is 59.1 Å². The van der Waals surface area contributed by atoms with Crippen molar-refractivity contribution in [2.24, 2.45) is 0 Å². The van der Waals surface area contributed by atoms with Crippen molar-refractivity contribution >= 4 is 56.1 Å². The number of aromatic nitrogens is 2. The van der Waals surface area contributed by atoms with Crippen molar-refractivity contribution in [2.75, 3.05) is 30.4 Å². The van der Waals surface area contributed by atoms with E-state index in [9.17, 15) is 18.0 Å². The fourth-order valence-electron chi connectivity index (χ4n) is 4.16. The van der Waals surface area contributed by atoms with Crippen molar-refractivity contribution in [2.45, 2.75) is 31.1 Å². The van der Waals surface area contributed by atoms with Gasteiger partial charge >= 0.3 is 5.97 Å². The van der Waals surface area contributed by atoms with Crippen LogP contribution < -0.4 is 0 Å². The largest absolute Gasteiger partial charge is 0.455 e.